The van der Waals surface area contributed by atoms with Gasteiger partial charge in [-0.1, -0.05) is 26.1 Å². The summed E-state index contributed by atoms with van der Waals surface area (Å²) in [6.07, 6.45) is 1.11. The number of rotatable bonds is 9. The van der Waals surface area contributed by atoms with Gasteiger partial charge >= 0.3 is 0 Å². The van der Waals surface area contributed by atoms with E-state index in [-0.39, 0.29) is 0 Å². The van der Waals surface area contributed by atoms with Crippen LogP contribution in [-0.2, 0) is 0 Å². The van der Waals surface area contributed by atoms with Gasteiger partial charge in [-0.15, -0.1) is 0 Å². The van der Waals surface area contributed by atoms with Crippen LogP contribution in [0.4, 0.5) is 0 Å². The van der Waals surface area contributed by atoms with E-state index in [1.54, 1.807) is 0 Å². The fraction of sp³-hybridized carbons (Fsp3) is 0.562. The maximum Gasteiger partial charge on any atom is 0.119 e. The molecule has 0 heterocycles. The van der Waals surface area contributed by atoms with Gasteiger partial charge in [0.2, 0.25) is 0 Å². The van der Waals surface area contributed by atoms with E-state index in [1.165, 1.54) is 0 Å². The lowest BCUT2D eigenvalue weighted by atomic mass is 10.2. The van der Waals surface area contributed by atoms with Gasteiger partial charge in [-0.2, -0.15) is 0 Å². The Kier molecular flexibility index (Phi) is 8.23. The van der Waals surface area contributed by atoms with E-state index in [4.69, 9.17) is 17.0 Å². The average molecular weight is 294 g/mol. The molecule has 0 saturated heterocycles. The third-order valence-corrected chi connectivity index (χ3v) is 3.64. The third kappa shape index (κ3) is 5.88. The summed E-state index contributed by atoms with van der Waals surface area (Å²) in [4.78, 5) is 3.23. The second kappa shape index (κ2) is 9.72. The van der Waals surface area contributed by atoms with E-state index < -0.39 is 0 Å². The lowest BCUT2D eigenvalue weighted by Crippen LogP contribution is -2.29. The highest BCUT2D eigenvalue weighted by molar-refractivity contribution is 7.80. The zero-order valence-electron chi connectivity index (χ0n) is 12.8. The standard InChI is InChI=1S/C16H26N2OS/c1-4-18(5-2)13-7-12-17-16(20)14-8-10-15(11-9-14)19-6-3/h8-11H,4-7,12-13H2,1-3H3,(H,17,20). The molecule has 0 aliphatic carbocycles. The van der Waals surface area contributed by atoms with E-state index in [9.17, 15) is 0 Å². The van der Waals surface area contributed by atoms with Crippen LogP contribution in [0.5, 0.6) is 5.75 Å². The smallest absolute Gasteiger partial charge is 0.119 e. The minimum absolute atomic E-state index is 0.688. The quantitative estimate of drug-likeness (QED) is 0.559. The molecule has 0 fully saturated rings. The molecule has 0 spiro atoms. The molecule has 4 heteroatoms. The summed E-state index contributed by atoms with van der Waals surface area (Å²) in [5, 5.41) is 3.32. The third-order valence-electron chi connectivity index (χ3n) is 3.26. The second-order valence-corrected chi connectivity index (χ2v) is 5.00. The van der Waals surface area contributed by atoms with E-state index in [0.717, 1.165) is 48.9 Å². The molecule has 1 aromatic carbocycles. The van der Waals surface area contributed by atoms with Crippen LogP contribution in [0.3, 0.4) is 0 Å². The van der Waals surface area contributed by atoms with Crippen LogP contribution in [0.15, 0.2) is 24.3 Å². The Hall–Kier alpha value is -1.13. The van der Waals surface area contributed by atoms with Crippen molar-refractivity contribution in [3.63, 3.8) is 0 Å². The Balaban J connectivity index is 2.32. The lowest BCUT2D eigenvalue weighted by molar-refractivity contribution is 0.300. The number of ether oxygens (including phenoxy) is 1. The Morgan fingerprint density at radius 2 is 1.80 bits per heavy atom. The van der Waals surface area contributed by atoms with Gasteiger partial charge in [-0.05, 0) is 57.2 Å². The molecular weight excluding hydrogens is 268 g/mol. The highest BCUT2D eigenvalue weighted by Crippen LogP contribution is 2.12. The minimum atomic E-state index is 0.688. The van der Waals surface area contributed by atoms with Gasteiger partial charge < -0.3 is 15.0 Å². The molecule has 0 amide bonds. The van der Waals surface area contributed by atoms with Crippen molar-refractivity contribution in [2.24, 2.45) is 0 Å². The van der Waals surface area contributed by atoms with Crippen molar-refractivity contribution < 1.29 is 4.74 Å². The average Bonchev–Trinajstić information content (AvgIpc) is 2.48. The van der Waals surface area contributed by atoms with Crippen LogP contribution >= 0.6 is 12.2 Å². The first kappa shape index (κ1) is 16.9. The summed E-state index contributed by atoms with van der Waals surface area (Å²) in [5.41, 5.74) is 1.05. The molecule has 1 aromatic rings. The maximum atomic E-state index is 5.42. The molecule has 1 N–H and O–H groups in total. The van der Waals surface area contributed by atoms with Crippen molar-refractivity contribution in [3.05, 3.63) is 29.8 Å². The molecule has 0 bridgehead atoms. The van der Waals surface area contributed by atoms with Crippen LogP contribution in [0.2, 0.25) is 0 Å². The van der Waals surface area contributed by atoms with Crippen LogP contribution in [0.1, 0.15) is 32.8 Å². The largest absolute Gasteiger partial charge is 0.494 e. The van der Waals surface area contributed by atoms with Crippen LogP contribution in [0.25, 0.3) is 0 Å². The second-order valence-electron chi connectivity index (χ2n) is 4.59. The fourth-order valence-corrected chi connectivity index (χ4v) is 2.25. The van der Waals surface area contributed by atoms with Crippen LogP contribution in [-0.4, -0.2) is 42.7 Å². The molecule has 0 atom stereocenters. The number of hydrogen-bond acceptors (Lipinski definition) is 3. The van der Waals surface area contributed by atoms with Crippen molar-refractivity contribution in [3.8, 4) is 5.75 Å². The van der Waals surface area contributed by atoms with Crippen molar-refractivity contribution >= 4 is 17.2 Å². The first-order chi connectivity index (χ1) is 9.71. The van der Waals surface area contributed by atoms with Crippen molar-refractivity contribution in [1.82, 2.24) is 10.2 Å². The minimum Gasteiger partial charge on any atom is -0.494 e. The van der Waals surface area contributed by atoms with Gasteiger partial charge in [-0.3, -0.25) is 0 Å². The Bertz CT molecular complexity index is 388. The first-order valence-electron chi connectivity index (χ1n) is 7.44. The van der Waals surface area contributed by atoms with Gasteiger partial charge in [-0.25, -0.2) is 0 Å². The summed E-state index contributed by atoms with van der Waals surface area (Å²) in [6, 6.07) is 7.93. The Labute approximate surface area is 128 Å². The molecule has 112 valence electrons. The monoisotopic (exact) mass is 294 g/mol. The summed E-state index contributed by atoms with van der Waals surface area (Å²) in [5.74, 6) is 0.889. The van der Waals surface area contributed by atoms with E-state index in [2.05, 4.69) is 24.1 Å². The molecule has 0 saturated carbocycles. The zero-order chi connectivity index (χ0) is 14.8. The number of thiocarbonyl (C=S) groups is 1. The van der Waals surface area contributed by atoms with E-state index >= 15 is 0 Å². The predicted octanol–water partition coefficient (Wildman–Crippen LogP) is 3.08. The molecule has 20 heavy (non-hydrogen) atoms. The summed E-state index contributed by atoms with van der Waals surface area (Å²) >= 11 is 5.40. The highest BCUT2D eigenvalue weighted by Gasteiger charge is 2.02. The normalized spacial score (nSPS) is 10.6. The van der Waals surface area contributed by atoms with Gasteiger partial charge in [0.25, 0.3) is 0 Å². The molecule has 0 aliphatic heterocycles. The SMILES string of the molecule is CCOc1ccc(C(=S)NCCCN(CC)CC)cc1. The van der Waals surface area contributed by atoms with Gasteiger partial charge in [0.05, 0.1) is 6.61 Å². The first-order valence-corrected chi connectivity index (χ1v) is 7.85. The molecule has 1 rings (SSSR count). The van der Waals surface area contributed by atoms with Crippen LogP contribution < -0.4 is 10.1 Å². The lowest BCUT2D eigenvalue weighted by Gasteiger charge is -2.18. The Morgan fingerprint density at radius 3 is 2.35 bits per heavy atom. The van der Waals surface area contributed by atoms with Gasteiger partial charge in [0.1, 0.15) is 10.7 Å². The highest BCUT2D eigenvalue weighted by atomic mass is 32.1. The number of benzene rings is 1. The van der Waals surface area contributed by atoms with Crippen LogP contribution in [0, 0.1) is 0 Å². The molecule has 0 aliphatic rings. The predicted molar refractivity (Wildman–Crippen MR) is 89.7 cm³/mol. The topological polar surface area (TPSA) is 24.5 Å². The summed E-state index contributed by atoms with van der Waals surface area (Å²) in [7, 11) is 0. The van der Waals surface area contributed by atoms with Crippen molar-refractivity contribution in [2.75, 3.05) is 32.8 Å². The van der Waals surface area contributed by atoms with Crippen molar-refractivity contribution in [1.29, 1.82) is 0 Å². The number of nitrogens with one attached hydrogen (secondary N) is 1. The number of nitrogens with zero attached hydrogens (tertiary/aromatic N) is 1. The molecule has 3 nitrogen and oxygen atoms in total. The maximum absolute atomic E-state index is 5.42. The Morgan fingerprint density at radius 1 is 1.15 bits per heavy atom. The van der Waals surface area contributed by atoms with Crippen molar-refractivity contribution in [2.45, 2.75) is 27.2 Å². The summed E-state index contributed by atoms with van der Waals surface area (Å²) in [6.45, 7) is 11.3. The molecule has 0 unspecified atom stereocenters. The van der Waals surface area contributed by atoms with E-state index in [1.807, 2.05) is 31.2 Å². The zero-order valence-corrected chi connectivity index (χ0v) is 13.6. The van der Waals surface area contributed by atoms with Gasteiger partial charge in [0.15, 0.2) is 0 Å². The fourth-order valence-electron chi connectivity index (χ4n) is 2.02. The summed E-state index contributed by atoms with van der Waals surface area (Å²) < 4.78 is 5.42. The molecule has 0 radical (unpaired) electrons. The van der Waals surface area contributed by atoms with Gasteiger partial charge in [0, 0.05) is 12.1 Å². The number of hydrogen-bond donors (Lipinski definition) is 1. The molecule has 0 aromatic heterocycles. The van der Waals surface area contributed by atoms with E-state index in [0.29, 0.717) is 6.61 Å². The molecular formula is C16H26N2OS.